The molecule has 1 rings (SSSR count). The van der Waals surface area contributed by atoms with Gasteiger partial charge in [-0.15, -0.1) is 0 Å². The number of halogens is 1. The Morgan fingerprint density at radius 1 is 1.06 bits per heavy atom. The summed E-state index contributed by atoms with van der Waals surface area (Å²) in [5, 5.41) is 0. The molecule has 0 aromatic carbocycles. The van der Waals surface area contributed by atoms with Gasteiger partial charge in [0.05, 0.1) is 4.83 Å². The molecule has 0 radical (unpaired) electrons. The lowest BCUT2D eigenvalue weighted by atomic mass is 10.1. The first-order valence-electron chi connectivity index (χ1n) is 5.62. The number of hydrogen-bond donors (Lipinski definition) is 0. The summed E-state index contributed by atoms with van der Waals surface area (Å²) in [5.74, 6) is 0.517. The molecule has 1 aliphatic heterocycles. The van der Waals surface area contributed by atoms with Crippen LogP contribution in [0.5, 0.6) is 0 Å². The van der Waals surface area contributed by atoms with Crippen molar-refractivity contribution in [2.45, 2.75) is 25.6 Å². The van der Waals surface area contributed by atoms with Gasteiger partial charge in [0.1, 0.15) is 0 Å². The number of amides is 2. The summed E-state index contributed by atoms with van der Waals surface area (Å²) in [4.78, 5) is 26.6. The van der Waals surface area contributed by atoms with E-state index in [2.05, 4.69) is 15.9 Å². The molecule has 2 amide bonds. The molecular formula is C11H19BrN2O2. The Bertz CT molecular complexity index is 273. The third-order valence-electron chi connectivity index (χ3n) is 2.86. The van der Waals surface area contributed by atoms with Crippen LogP contribution in [0.4, 0.5) is 0 Å². The minimum absolute atomic E-state index is 0.0892. The topological polar surface area (TPSA) is 40.6 Å². The number of piperazine rings is 1. The molecule has 0 N–H and O–H groups in total. The Labute approximate surface area is 105 Å². The molecule has 1 atom stereocenters. The maximum Gasteiger partial charge on any atom is 0.236 e. The van der Waals surface area contributed by atoms with E-state index in [9.17, 15) is 9.59 Å². The van der Waals surface area contributed by atoms with Crippen LogP contribution >= 0.6 is 15.9 Å². The summed E-state index contributed by atoms with van der Waals surface area (Å²) in [5.41, 5.74) is 0. The summed E-state index contributed by atoms with van der Waals surface area (Å²) < 4.78 is 0. The van der Waals surface area contributed by atoms with E-state index in [1.165, 1.54) is 0 Å². The van der Waals surface area contributed by atoms with E-state index in [1.54, 1.807) is 11.8 Å². The van der Waals surface area contributed by atoms with Gasteiger partial charge in [-0.05, 0) is 5.92 Å². The summed E-state index contributed by atoms with van der Waals surface area (Å²) in [6.45, 7) is 8.20. The fraction of sp³-hybridized carbons (Fsp3) is 0.818. The lowest BCUT2D eigenvalue weighted by Gasteiger charge is -2.35. The van der Waals surface area contributed by atoms with Crippen molar-refractivity contribution < 1.29 is 9.59 Å². The van der Waals surface area contributed by atoms with E-state index >= 15 is 0 Å². The molecule has 0 saturated carbocycles. The van der Waals surface area contributed by atoms with Crippen LogP contribution in [0.15, 0.2) is 0 Å². The molecule has 5 heteroatoms. The standard InChI is InChI=1S/C11H19BrN2O2/c1-8(2)10(12)11(16)14-6-4-13(5-7-14)9(3)15/h8,10H,4-7H2,1-3H3/t10-/m0/s1. The normalized spacial score (nSPS) is 18.8. The minimum atomic E-state index is -0.114. The molecule has 0 bridgehead atoms. The van der Waals surface area contributed by atoms with E-state index in [-0.39, 0.29) is 16.6 Å². The maximum absolute atomic E-state index is 12.0. The van der Waals surface area contributed by atoms with Crippen molar-refractivity contribution in [2.75, 3.05) is 26.2 Å². The average Bonchev–Trinajstić information content (AvgIpc) is 2.27. The summed E-state index contributed by atoms with van der Waals surface area (Å²) in [6, 6.07) is 0. The SMILES string of the molecule is CC(=O)N1CCN(C(=O)[C@@H](Br)C(C)C)CC1. The maximum atomic E-state index is 12.0. The zero-order valence-electron chi connectivity index (χ0n) is 10.1. The molecular weight excluding hydrogens is 272 g/mol. The van der Waals surface area contributed by atoms with Crippen LogP contribution in [-0.2, 0) is 9.59 Å². The Morgan fingerprint density at radius 3 is 1.88 bits per heavy atom. The second kappa shape index (κ2) is 5.66. The highest BCUT2D eigenvalue weighted by Crippen LogP contribution is 2.16. The van der Waals surface area contributed by atoms with Crippen molar-refractivity contribution in [1.29, 1.82) is 0 Å². The zero-order valence-corrected chi connectivity index (χ0v) is 11.7. The van der Waals surface area contributed by atoms with Crippen LogP contribution in [0.25, 0.3) is 0 Å². The Morgan fingerprint density at radius 2 is 1.50 bits per heavy atom. The molecule has 4 nitrogen and oxygen atoms in total. The van der Waals surface area contributed by atoms with E-state index in [4.69, 9.17) is 0 Å². The fourth-order valence-corrected chi connectivity index (χ4v) is 1.99. The van der Waals surface area contributed by atoms with Crippen LogP contribution in [0.2, 0.25) is 0 Å². The van der Waals surface area contributed by atoms with Gasteiger partial charge in [-0.25, -0.2) is 0 Å². The van der Waals surface area contributed by atoms with E-state index in [0.717, 1.165) is 0 Å². The monoisotopic (exact) mass is 290 g/mol. The van der Waals surface area contributed by atoms with Gasteiger partial charge in [0.15, 0.2) is 0 Å². The number of carbonyl (C=O) groups is 2. The number of alkyl halides is 1. The highest BCUT2D eigenvalue weighted by atomic mass is 79.9. The minimum Gasteiger partial charge on any atom is -0.339 e. The molecule has 1 fully saturated rings. The lowest BCUT2D eigenvalue weighted by molar-refractivity contribution is -0.138. The van der Waals surface area contributed by atoms with Gasteiger partial charge in [0.2, 0.25) is 11.8 Å². The predicted molar refractivity (Wildman–Crippen MR) is 66.4 cm³/mol. The molecule has 0 unspecified atom stereocenters. The molecule has 0 aromatic rings. The van der Waals surface area contributed by atoms with Crippen LogP contribution in [0.3, 0.4) is 0 Å². The third-order valence-corrected chi connectivity index (χ3v) is 4.31. The number of hydrogen-bond acceptors (Lipinski definition) is 2. The van der Waals surface area contributed by atoms with Crippen molar-refractivity contribution in [3.05, 3.63) is 0 Å². The second-order valence-electron chi connectivity index (χ2n) is 4.48. The van der Waals surface area contributed by atoms with Crippen LogP contribution < -0.4 is 0 Å². The lowest BCUT2D eigenvalue weighted by Crippen LogP contribution is -2.52. The molecule has 0 spiro atoms. The van der Waals surface area contributed by atoms with Crippen molar-refractivity contribution in [3.63, 3.8) is 0 Å². The quantitative estimate of drug-likeness (QED) is 0.715. The Kier molecular flexibility index (Phi) is 4.77. The predicted octanol–water partition coefficient (Wildman–Crippen LogP) is 1.10. The van der Waals surface area contributed by atoms with Crippen molar-refractivity contribution in [1.82, 2.24) is 9.80 Å². The molecule has 0 aromatic heterocycles. The molecule has 92 valence electrons. The van der Waals surface area contributed by atoms with Crippen molar-refractivity contribution >= 4 is 27.7 Å². The van der Waals surface area contributed by atoms with Gasteiger partial charge in [-0.2, -0.15) is 0 Å². The number of carbonyl (C=O) groups excluding carboxylic acids is 2. The first-order chi connectivity index (χ1) is 7.43. The fourth-order valence-electron chi connectivity index (χ4n) is 1.70. The van der Waals surface area contributed by atoms with E-state index < -0.39 is 0 Å². The summed E-state index contributed by atoms with van der Waals surface area (Å²) in [7, 11) is 0. The highest BCUT2D eigenvalue weighted by molar-refractivity contribution is 9.10. The van der Waals surface area contributed by atoms with Crippen molar-refractivity contribution in [3.8, 4) is 0 Å². The Hall–Kier alpha value is -0.580. The van der Waals surface area contributed by atoms with Gasteiger partial charge >= 0.3 is 0 Å². The van der Waals surface area contributed by atoms with Gasteiger partial charge < -0.3 is 9.80 Å². The van der Waals surface area contributed by atoms with E-state index in [1.807, 2.05) is 18.7 Å². The van der Waals surface area contributed by atoms with Gasteiger partial charge in [-0.3, -0.25) is 9.59 Å². The van der Waals surface area contributed by atoms with Crippen molar-refractivity contribution in [2.24, 2.45) is 5.92 Å². The summed E-state index contributed by atoms with van der Waals surface area (Å²) in [6.07, 6.45) is 0. The first kappa shape index (κ1) is 13.5. The van der Waals surface area contributed by atoms with Crippen LogP contribution in [0.1, 0.15) is 20.8 Å². The second-order valence-corrected chi connectivity index (χ2v) is 5.46. The smallest absolute Gasteiger partial charge is 0.236 e. The Balaban J connectivity index is 2.47. The van der Waals surface area contributed by atoms with Gasteiger partial charge in [-0.1, -0.05) is 29.8 Å². The zero-order chi connectivity index (χ0) is 12.3. The summed E-state index contributed by atoms with van der Waals surface area (Å²) >= 11 is 3.42. The molecule has 1 heterocycles. The average molecular weight is 291 g/mol. The molecule has 16 heavy (non-hydrogen) atoms. The third kappa shape index (κ3) is 3.20. The van der Waals surface area contributed by atoms with Gasteiger partial charge in [0.25, 0.3) is 0 Å². The van der Waals surface area contributed by atoms with Crippen LogP contribution in [0, 0.1) is 5.92 Å². The largest absolute Gasteiger partial charge is 0.339 e. The van der Waals surface area contributed by atoms with E-state index in [0.29, 0.717) is 32.1 Å². The molecule has 0 aliphatic carbocycles. The van der Waals surface area contributed by atoms with Gasteiger partial charge in [0, 0.05) is 33.1 Å². The molecule has 1 saturated heterocycles. The van der Waals surface area contributed by atoms with Crippen LogP contribution in [-0.4, -0.2) is 52.6 Å². The number of rotatable bonds is 2. The highest BCUT2D eigenvalue weighted by Gasteiger charge is 2.27. The first-order valence-corrected chi connectivity index (χ1v) is 6.53. The number of nitrogens with zero attached hydrogens (tertiary/aromatic N) is 2. The molecule has 1 aliphatic rings.